The molecule has 3 aromatic rings. The molecule has 0 atom stereocenters. The number of rotatable bonds is 2. The molecule has 0 bridgehead atoms. The molecule has 0 unspecified atom stereocenters. The SMILES string of the molecule is [c]1cn(-c2ccccc2)nc1-c1ccccc1. The largest absolute Gasteiger partial charge is 0.240 e. The predicted octanol–water partition coefficient (Wildman–Crippen LogP) is 3.34. The fourth-order valence-corrected chi connectivity index (χ4v) is 1.74. The van der Waals surface area contributed by atoms with Gasteiger partial charge in [-0.2, -0.15) is 5.10 Å². The first-order valence-corrected chi connectivity index (χ1v) is 5.52. The Morgan fingerprint density at radius 1 is 0.824 bits per heavy atom. The summed E-state index contributed by atoms with van der Waals surface area (Å²) in [6.07, 6.45) is 1.86. The van der Waals surface area contributed by atoms with Crippen LogP contribution in [-0.4, -0.2) is 9.78 Å². The van der Waals surface area contributed by atoms with E-state index in [0.717, 1.165) is 16.9 Å². The standard InChI is InChI=1S/C15H11N2/c1-3-7-13(8-4-1)15-11-12-17(16-15)14-9-5-2-6-10-14/h1-10,12H. The maximum Gasteiger partial charge on any atom is 0.101 e. The van der Waals surface area contributed by atoms with Crippen LogP contribution in [-0.2, 0) is 0 Å². The van der Waals surface area contributed by atoms with Gasteiger partial charge in [-0.3, -0.25) is 0 Å². The molecule has 0 aliphatic heterocycles. The van der Waals surface area contributed by atoms with Gasteiger partial charge in [-0.05, 0) is 12.1 Å². The van der Waals surface area contributed by atoms with Crippen LogP contribution in [0.1, 0.15) is 0 Å². The molecule has 0 saturated heterocycles. The van der Waals surface area contributed by atoms with E-state index in [0.29, 0.717) is 0 Å². The maximum absolute atomic E-state index is 4.51. The number of para-hydroxylation sites is 1. The van der Waals surface area contributed by atoms with Crippen LogP contribution < -0.4 is 0 Å². The molecule has 1 heterocycles. The molecule has 0 saturated carbocycles. The van der Waals surface area contributed by atoms with Gasteiger partial charge < -0.3 is 0 Å². The van der Waals surface area contributed by atoms with Gasteiger partial charge in [0.1, 0.15) is 5.69 Å². The number of benzene rings is 2. The van der Waals surface area contributed by atoms with E-state index in [-0.39, 0.29) is 0 Å². The van der Waals surface area contributed by atoms with Crippen molar-refractivity contribution >= 4 is 0 Å². The Kier molecular flexibility index (Phi) is 2.47. The summed E-state index contributed by atoms with van der Waals surface area (Å²) in [7, 11) is 0. The Hall–Kier alpha value is -2.35. The van der Waals surface area contributed by atoms with Crippen LogP contribution >= 0.6 is 0 Å². The van der Waals surface area contributed by atoms with Gasteiger partial charge in [-0.1, -0.05) is 48.5 Å². The minimum atomic E-state index is 0.870. The molecule has 81 valence electrons. The Balaban J connectivity index is 1.99. The van der Waals surface area contributed by atoms with Crippen LogP contribution in [0.5, 0.6) is 0 Å². The molecule has 3 rings (SSSR count). The molecule has 0 N–H and O–H groups in total. The first-order valence-electron chi connectivity index (χ1n) is 5.52. The van der Waals surface area contributed by atoms with Crippen molar-refractivity contribution in [1.29, 1.82) is 0 Å². The van der Waals surface area contributed by atoms with Crippen molar-refractivity contribution in [3.8, 4) is 16.9 Å². The zero-order valence-electron chi connectivity index (χ0n) is 9.25. The molecule has 1 radical (unpaired) electrons. The Morgan fingerprint density at radius 2 is 1.47 bits per heavy atom. The first-order chi connectivity index (χ1) is 8.43. The minimum Gasteiger partial charge on any atom is -0.240 e. The zero-order valence-corrected chi connectivity index (χ0v) is 9.25. The average Bonchev–Trinajstić information content (AvgIpc) is 2.90. The summed E-state index contributed by atoms with van der Waals surface area (Å²) < 4.78 is 1.84. The van der Waals surface area contributed by atoms with Gasteiger partial charge in [0.15, 0.2) is 0 Å². The van der Waals surface area contributed by atoms with Gasteiger partial charge in [0, 0.05) is 17.8 Å². The molecule has 2 heteroatoms. The van der Waals surface area contributed by atoms with E-state index in [2.05, 4.69) is 11.2 Å². The minimum absolute atomic E-state index is 0.870. The van der Waals surface area contributed by atoms with E-state index in [4.69, 9.17) is 0 Å². The van der Waals surface area contributed by atoms with Crippen molar-refractivity contribution in [2.24, 2.45) is 0 Å². The second-order valence-corrected chi connectivity index (χ2v) is 3.77. The van der Waals surface area contributed by atoms with Crippen molar-refractivity contribution in [2.75, 3.05) is 0 Å². The highest BCUT2D eigenvalue weighted by atomic mass is 15.3. The molecule has 2 aromatic carbocycles. The normalized spacial score (nSPS) is 10.4. The second kappa shape index (κ2) is 4.26. The van der Waals surface area contributed by atoms with Gasteiger partial charge >= 0.3 is 0 Å². The number of hydrogen-bond acceptors (Lipinski definition) is 1. The van der Waals surface area contributed by atoms with Crippen LogP contribution in [0.2, 0.25) is 0 Å². The van der Waals surface area contributed by atoms with Crippen LogP contribution in [0.25, 0.3) is 16.9 Å². The van der Waals surface area contributed by atoms with Crippen molar-refractivity contribution in [3.63, 3.8) is 0 Å². The highest BCUT2D eigenvalue weighted by molar-refractivity contribution is 5.57. The van der Waals surface area contributed by atoms with E-state index in [1.54, 1.807) is 0 Å². The summed E-state index contributed by atoms with van der Waals surface area (Å²) in [4.78, 5) is 0. The number of nitrogens with zero attached hydrogens (tertiary/aromatic N) is 2. The smallest absolute Gasteiger partial charge is 0.101 e. The summed E-state index contributed by atoms with van der Waals surface area (Å²) in [5, 5.41) is 4.51. The lowest BCUT2D eigenvalue weighted by molar-refractivity contribution is 0.884. The molecule has 17 heavy (non-hydrogen) atoms. The van der Waals surface area contributed by atoms with Crippen molar-refractivity contribution in [2.45, 2.75) is 0 Å². The van der Waals surface area contributed by atoms with Gasteiger partial charge in [0.05, 0.1) is 5.69 Å². The van der Waals surface area contributed by atoms with Crippen LogP contribution in [0, 0.1) is 6.07 Å². The molecule has 1 aromatic heterocycles. The van der Waals surface area contributed by atoms with Gasteiger partial charge in [-0.15, -0.1) is 0 Å². The lowest BCUT2D eigenvalue weighted by Gasteiger charge is -1.99. The summed E-state index contributed by atoms with van der Waals surface area (Å²) in [5.41, 5.74) is 3.00. The van der Waals surface area contributed by atoms with E-state index in [9.17, 15) is 0 Å². The highest BCUT2D eigenvalue weighted by Gasteiger charge is 2.02. The number of aromatic nitrogens is 2. The number of hydrogen-bond donors (Lipinski definition) is 0. The van der Waals surface area contributed by atoms with Crippen molar-refractivity contribution < 1.29 is 0 Å². The molecule has 2 nitrogen and oxygen atoms in total. The summed E-state index contributed by atoms with van der Waals surface area (Å²) >= 11 is 0. The fraction of sp³-hybridized carbons (Fsp3) is 0. The molecule has 0 aliphatic rings. The Labute approximate surface area is 100 Å². The molecular formula is C15H11N2. The summed E-state index contributed by atoms with van der Waals surface area (Å²) in [5.74, 6) is 0. The van der Waals surface area contributed by atoms with Crippen molar-refractivity contribution in [1.82, 2.24) is 9.78 Å². The fourth-order valence-electron chi connectivity index (χ4n) is 1.74. The van der Waals surface area contributed by atoms with E-state index < -0.39 is 0 Å². The van der Waals surface area contributed by atoms with E-state index in [1.807, 2.05) is 71.5 Å². The molecule has 0 aliphatic carbocycles. The van der Waals surface area contributed by atoms with Gasteiger partial charge in [0.2, 0.25) is 0 Å². The highest BCUT2D eigenvalue weighted by Crippen LogP contribution is 2.17. The van der Waals surface area contributed by atoms with Crippen LogP contribution in [0.4, 0.5) is 0 Å². The molecule has 0 spiro atoms. The monoisotopic (exact) mass is 219 g/mol. The summed E-state index contributed by atoms with van der Waals surface area (Å²) in [6, 6.07) is 23.3. The van der Waals surface area contributed by atoms with E-state index >= 15 is 0 Å². The lowest BCUT2D eigenvalue weighted by Crippen LogP contribution is -1.93. The third-order valence-corrected chi connectivity index (χ3v) is 2.60. The third kappa shape index (κ3) is 1.97. The predicted molar refractivity (Wildman–Crippen MR) is 67.8 cm³/mol. The van der Waals surface area contributed by atoms with E-state index in [1.165, 1.54) is 0 Å². The summed E-state index contributed by atoms with van der Waals surface area (Å²) in [6.45, 7) is 0. The molecular weight excluding hydrogens is 208 g/mol. The van der Waals surface area contributed by atoms with Gasteiger partial charge in [0.25, 0.3) is 0 Å². The van der Waals surface area contributed by atoms with Gasteiger partial charge in [-0.25, -0.2) is 4.68 Å². The first kappa shape index (κ1) is 9.85. The third-order valence-electron chi connectivity index (χ3n) is 2.60. The quantitative estimate of drug-likeness (QED) is 0.646. The average molecular weight is 219 g/mol. The van der Waals surface area contributed by atoms with Crippen molar-refractivity contribution in [3.05, 3.63) is 72.9 Å². The zero-order chi connectivity index (χ0) is 11.5. The Morgan fingerprint density at radius 3 is 2.18 bits per heavy atom. The topological polar surface area (TPSA) is 17.8 Å². The van der Waals surface area contributed by atoms with Crippen LogP contribution in [0.15, 0.2) is 66.9 Å². The second-order valence-electron chi connectivity index (χ2n) is 3.77. The lowest BCUT2D eigenvalue weighted by atomic mass is 10.2. The maximum atomic E-state index is 4.51. The molecule has 0 amide bonds. The molecule has 0 fully saturated rings. The van der Waals surface area contributed by atoms with Crippen LogP contribution in [0.3, 0.4) is 0 Å². The Bertz CT molecular complexity index is 543.